The van der Waals surface area contributed by atoms with E-state index in [0.717, 1.165) is 13.0 Å². The van der Waals surface area contributed by atoms with Crippen LogP contribution in [-0.4, -0.2) is 23.5 Å². The van der Waals surface area contributed by atoms with E-state index < -0.39 is 5.60 Å². The summed E-state index contributed by atoms with van der Waals surface area (Å²) in [5.41, 5.74) is 0.656. The van der Waals surface area contributed by atoms with Gasteiger partial charge in [0, 0.05) is 18.0 Å². The SMILES string of the molecule is CCC(C)(O)CNCc1ccc(SC)cc1. The van der Waals surface area contributed by atoms with Crippen LogP contribution in [0.25, 0.3) is 0 Å². The molecule has 0 fully saturated rings. The molecule has 2 N–H and O–H groups in total. The highest BCUT2D eigenvalue weighted by atomic mass is 32.2. The van der Waals surface area contributed by atoms with Gasteiger partial charge in [-0.25, -0.2) is 0 Å². The lowest BCUT2D eigenvalue weighted by Crippen LogP contribution is -2.36. The van der Waals surface area contributed by atoms with Crippen LogP contribution in [0.2, 0.25) is 0 Å². The predicted octanol–water partition coefficient (Wildman–Crippen LogP) is 2.66. The zero-order valence-electron chi connectivity index (χ0n) is 10.3. The molecule has 0 aliphatic heterocycles. The highest BCUT2D eigenvalue weighted by molar-refractivity contribution is 7.98. The van der Waals surface area contributed by atoms with E-state index in [1.165, 1.54) is 10.5 Å². The van der Waals surface area contributed by atoms with Gasteiger partial charge in [0.1, 0.15) is 0 Å². The van der Waals surface area contributed by atoms with Crippen molar-refractivity contribution in [2.75, 3.05) is 12.8 Å². The number of hydrogen-bond acceptors (Lipinski definition) is 3. The maximum Gasteiger partial charge on any atom is 0.0741 e. The molecule has 0 saturated carbocycles. The van der Waals surface area contributed by atoms with Gasteiger partial charge in [-0.05, 0) is 37.3 Å². The molecule has 0 saturated heterocycles. The van der Waals surface area contributed by atoms with Crippen LogP contribution in [-0.2, 0) is 6.54 Å². The quantitative estimate of drug-likeness (QED) is 0.749. The predicted molar refractivity (Wildman–Crippen MR) is 70.8 cm³/mol. The molecular formula is C13H21NOS. The van der Waals surface area contributed by atoms with Crippen LogP contribution in [0.15, 0.2) is 29.2 Å². The summed E-state index contributed by atoms with van der Waals surface area (Å²) in [4.78, 5) is 1.28. The zero-order valence-corrected chi connectivity index (χ0v) is 11.1. The molecule has 3 heteroatoms. The van der Waals surface area contributed by atoms with E-state index in [4.69, 9.17) is 0 Å². The lowest BCUT2D eigenvalue weighted by Gasteiger charge is -2.21. The van der Waals surface area contributed by atoms with Gasteiger partial charge < -0.3 is 10.4 Å². The summed E-state index contributed by atoms with van der Waals surface area (Å²) in [6.07, 6.45) is 2.84. The standard InChI is InChI=1S/C13H21NOS/c1-4-13(2,15)10-14-9-11-5-7-12(16-3)8-6-11/h5-8,14-15H,4,9-10H2,1-3H3. The number of hydrogen-bond donors (Lipinski definition) is 2. The first-order valence-electron chi connectivity index (χ1n) is 5.63. The van der Waals surface area contributed by atoms with Gasteiger partial charge in [-0.3, -0.25) is 0 Å². The Bertz CT molecular complexity index is 308. The molecule has 0 radical (unpaired) electrons. The Balaban J connectivity index is 2.37. The summed E-state index contributed by atoms with van der Waals surface area (Å²) < 4.78 is 0. The van der Waals surface area contributed by atoms with E-state index in [-0.39, 0.29) is 0 Å². The molecule has 0 heterocycles. The first kappa shape index (κ1) is 13.6. The van der Waals surface area contributed by atoms with Crippen molar-refractivity contribution in [3.05, 3.63) is 29.8 Å². The Kier molecular flexibility index (Phi) is 5.32. The molecule has 1 atom stereocenters. The van der Waals surface area contributed by atoms with Crippen molar-refractivity contribution in [2.45, 2.75) is 37.3 Å². The zero-order chi connectivity index (χ0) is 12.0. The number of aliphatic hydroxyl groups is 1. The van der Waals surface area contributed by atoms with Gasteiger partial charge in [-0.2, -0.15) is 0 Å². The van der Waals surface area contributed by atoms with Crippen LogP contribution in [0.5, 0.6) is 0 Å². The van der Waals surface area contributed by atoms with E-state index in [2.05, 4.69) is 35.8 Å². The van der Waals surface area contributed by atoms with Gasteiger partial charge in [0.2, 0.25) is 0 Å². The first-order chi connectivity index (χ1) is 7.57. The van der Waals surface area contributed by atoms with Crippen molar-refractivity contribution < 1.29 is 5.11 Å². The molecule has 0 bridgehead atoms. The number of rotatable bonds is 6. The van der Waals surface area contributed by atoms with E-state index in [0.29, 0.717) is 6.54 Å². The minimum atomic E-state index is -0.598. The average molecular weight is 239 g/mol. The van der Waals surface area contributed by atoms with Crippen LogP contribution < -0.4 is 5.32 Å². The van der Waals surface area contributed by atoms with Crippen LogP contribution >= 0.6 is 11.8 Å². The van der Waals surface area contributed by atoms with Crippen LogP contribution in [0.4, 0.5) is 0 Å². The summed E-state index contributed by atoms with van der Waals surface area (Å²) in [7, 11) is 0. The third-order valence-corrected chi connectivity index (χ3v) is 3.50. The number of benzene rings is 1. The molecule has 0 aromatic heterocycles. The van der Waals surface area contributed by atoms with E-state index in [9.17, 15) is 5.11 Å². The smallest absolute Gasteiger partial charge is 0.0741 e. The molecule has 0 spiro atoms. The fourth-order valence-electron chi connectivity index (χ4n) is 1.34. The molecule has 1 aromatic rings. The first-order valence-corrected chi connectivity index (χ1v) is 6.86. The Labute approximate surface area is 102 Å². The molecular weight excluding hydrogens is 218 g/mol. The maximum atomic E-state index is 9.82. The molecule has 0 aliphatic carbocycles. The molecule has 1 rings (SSSR count). The molecule has 90 valence electrons. The maximum absolute atomic E-state index is 9.82. The Hall–Kier alpha value is -0.510. The van der Waals surface area contributed by atoms with Gasteiger partial charge in [0.15, 0.2) is 0 Å². The van der Waals surface area contributed by atoms with Crippen LogP contribution in [0, 0.1) is 0 Å². The van der Waals surface area contributed by atoms with E-state index in [1.807, 2.05) is 13.8 Å². The third kappa shape index (κ3) is 4.56. The second-order valence-corrected chi connectivity index (χ2v) is 5.18. The van der Waals surface area contributed by atoms with Gasteiger partial charge in [-0.15, -0.1) is 11.8 Å². The lowest BCUT2D eigenvalue weighted by molar-refractivity contribution is 0.0555. The van der Waals surface area contributed by atoms with Gasteiger partial charge in [0.25, 0.3) is 0 Å². The second-order valence-electron chi connectivity index (χ2n) is 4.30. The Morgan fingerprint density at radius 1 is 1.31 bits per heavy atom. The monoisotopic (exact) mass is 239 g/mol. The molecule has 16 heavy (non-hydrogen) atoms. The summed E-state index contributed by atoms with van der Waals surface area (Å²) in [6.45, 7) is 5.30. The number of nitrogens with one attached hydrogen (secondary N) is 1. The average Bonchev–Trinajstić information content (AvgIpc) is 2.30. The minimum absolute atomic E-state index is 0.598. The van der Waals surface area contributed by atoms with Crippen LogP contribution in [0.3, 0.4) is 0 Å². The van der Waals surface area contributed by atoms with Gasteiger partial charge in [-0.1, -0.05) is 19.1 Å². The van der Waals surface area contributed by atoms with Crippen molar-refractivity contribution in [1.82, 2.24) is 5.32 Å². The fraction of sp³-hybridized carbons (Fsp3) is 0.538. The van der Waals surface area contributed by atoms with Gasteiger partial charge in [0.05, 0.1) is 5.60 Å². The van der Waals surface area contributed by atoms with E-state index in [1.54, 1.807) is 11.8 Å². The topological polar surface area (TPSA) is 32.3 Å². The third-order valence-electron chi connectivity index (χ3n) is 2.76. The van der Waals surface area contributed by atoms with Crippen molar-refractivity contribution >= 4 is 11.8 Å². The fourth-order valence-corrected chi connectivity index (χ4v) is 1.75. The van der Waals surface area contributed by atoms with Crippen molar-refractivity contribution in [2.24, 2.45) is 0 Å². The molecule has 2 nitrogen and oxygen atoms in total. The molecule has 0 amide bonds. The van der Waals surface area contributed by atoms with Crippen molar-refractivity contribution in [1.29, 1.82) is 0 Å². The highest BCUT2D eigenvalue weighted by Crippen LogP contribution is 2.14. The largest absolute Gasteiger partial charge is 0.389 e. The highest BCUT2D eigenvalue weighted by Gasteiger charge is 2.15. The van der Waals surface area contributed by atoms with Crippen LogP contribution in [0.1, 0.15) is 25.8 Å². The Morgan fingerprint density at radius 3 is 2.44 bits per heavy atom. The molecule has 0 aliphatic rings. The molecule has 1 aromatic carbocycles. The normalized spacial score (nSPS) is 14.8. The van der Waals surface area contributed by atoms with Crippen molar-refractivity contribution in [3.63, 3.8) is 0 Å². The minimum Gasteiger partial charge on any atom is -0.389 e. The van der Waals surface area contributed by atoms with Gasteiger partial charge >= 0.3 is 0 Å². The summed E-state index contributed by atoms with van der Waals surface area (Å²) in [6, 6.07) is 8.50. The summed E-state index contributed by atoms with van der Waals surface area (Å²) >= 11 is 1.75. The summed E-state index contributed by atoms with van der Waals surface area (Å²) in [5.74, 6) is 0. The Morgan fingerprint density at radius 2 is 1.94 bits per heavy atom. The van der Waals surface area contributed by atoms with E-state index >= 15 is 0 Å². The molecule has 1 unspecified atom stereocenters. The number of thioether (sulfide) groups is 1. The van der Waals surface area contributed by atoms with Crippen molar-refractivity contribution in [3.8, 4) is 0 Å². The lowest BCUT2D eigenvalue weighted by atomic mass is 10.0. The summed E-state index contributed by atoms with van der Waals surface area (Å²) in [5, 5.41) is 13.1. The second kappa shape index (κ2) is 6.28.